The molecule has 0 amide bonds. The van der Waals surface area contributed by atoms with E-state index in [-0.39, 0.29) is 23.8 Å². The van der Waals surface area contributed by atoms with Crippen LogP contribution in [0.25, 0.3) is 0 Å². The minimum atomic E-state index is -0.135. The standard InChI is InChI=1S/C17H34O2.C10H14O.C8H16O3/c1-4-6-7-8-9-10-11-12-13-14-15-19-17(18)16(3)5-2;1-3-8(2)9-4-6-10(11)7-5-9;1-4-7(2)8(9)11-6-5-10-3/h16H,4-15H2,1-3H3;4-8,11H,3H2,1-2H3;7H,4-6H2,1-3H3. The summed E-state index contributed by atoms with van der Waals surface area (Å²) in [5, 5.41) is 9.01. The normalized spacial score (nSPS) is 12.6. The molecule has 0 bridgehead atoms. The minimum Gasteiger partial charge on any atom is -0.508 e. The molecule has 3 atom stereocenters. The molecule has 0 spiro atoms. The zero-order valence-electron chi connectivity index (χ0n) is 27.8. The first kappa shape index (κ1) is 41.1. The van der Waals surface area contributed by atoms with Crippen molar-refractivity contribution < 1.29 is 28.9 Å². The van der Waals surface area contributed by atoms with Crippen molar-refractivity contribution in [2.24, 2.45) is 11.8 Å². The number of hydrogen-bond acceptors (Lipinski definition) is 6. The maximum Gasteiger partial charge on any atom is 0.308 e. The molecule has 0 saturated carbocycles. The van der Waals surface area contributed by atoms with E-state index in [4.69, 9.17) is 19.3 Å². The molecule has 6 nitrogen and oxygen atoms in total. The van der Waals surface area contributed by atoms with E-state index in [1.165, 1.54) is 63.4 Å². The van der Waals surface area contributed by atoms with Gasteiger partial charge in [-0.15, -0.1) is 0 Å². The van der Waals surface area contributed by atoms with E-state index in [2.05, 4.69) is 20.8 Å². The molecule has 1 N–H and O–H groups in total. The average Bonchev–Trinajstić information content (AvgIpc) is 2.99. The van der Waals surface area contributed by atoms with Crippen LogP contribution in [0, 0.1) is 11.8 Å². The van der Waals surface area contributed by atoms with Crippen molar-refractivity contribution in [1.29, 1.82) is 0 Å². The molecule has 0 saturated heterocycles. The molecule has 0 heterocycles. The highest BCUT2D eigenvalue weighted by atomic mass is 16.6. The third-order valence-corrected chi connectivity index (χ3v) is 7.38. The number of methoxy groups -OCH3 is 1. The van der Waals surface area contributed by atoms with Crippen molar-refractivity contribution in [2.75, 3.05) is 26.9 Å². The Morgan fingerprint density at radius 2 is 1.07 bits per heavy atom. The lowest BCUT2D eigenvalue weighted by atomic mass is 9.99. The molecule has 41 heavy (non-hydrogen) atoms. The summed E-state index contributed by atoms with van der Waals surface area (Å²) in [5.41, 5.74) is 1.30. The van der Waals surface area contributed by atoms with Gasteiger partial charge in [-0.3, -0.25) is 9.59 Å². The average molecular weight is 581 g/mol. The maximum atomic E-state index is 11.4. The Morgan fingerprint density at radius 1 is 0.634 bits per heavy atom. The highest BCUT2D eigenvalue weighted by Crippen LogP contribution is 2.20. The Kier molecular flexibility index (Phi) is 29.5. The van der Waals surface area contributed by atoms with Crippen LogP contribution in [0.3, 0.4) is 0 Å². The Hall–Kier alpha value is -2.08. The van der Waals surface area contributed by atoms with Crippen LogP contribution in [0.2, 0.25) is 0 Å². The van der Waals surface area contributed by atoms with Crippen molar-refractivity contribution in [2.45, 2.75) is 138 Å². The Bertz CT molecular complexity index is 718. The third-order valence-electron chi connectivity index (χ3n) is 7.38. The van der Waals surface area contributed by atoms with E-state index >= 15 is 0 Å². The van der Waals surface area contributed by atoms with Gasteiger partial charge in [0.2, 0.25) is 0 Å². The molecule has 240 valence electrons. The van der Waals surface area contributed by atoms with Crippen LogP contribution in [0.4, 0.5) is 0 Å². The molecule has 1 aromatic carbocycles. The molecule has 6 heteroatoms. The summed E-state index contributed by atoms with van der Waals surface area (Å²) in [4.78, 5) is 22.4. The summed E-state index contributed by atoms with van der Waals surface area (Å²) in [5.74, 6) is 0.839. The topological polar surface area (TPSA) is 82.1 Å². The smallest absolute Gasteiger partial charge is 0.308 e. The second-order valence-corrected chi connectivity index (χ2v) is 11.0. The van der Waals surface area contributed by atoms with Gasteiger partial charge in [0, 0.05) is 7.11 Å². The Morgan fingerprint density at radius 3 is 1.49 bits per heavy atom. The lowest BCUT2D eigenvalue weighted by molar-refractivity contribution is -0.149. The van der Waals surface area contributed by atoms with Gasteiger partial charge in [0.25, 0.3) is 0 Å². The highest BCUT2D eigenvalue weighted by molar-refractivity contribution is 5.72. The van der Waals surface area contributed by atoms with Gasteiger partial charge in [0.05, 0.1) is 25.0 Å². The molecule has 1 rings (SSSR count). The van der Waals surface area contributed by atoms with Gasteiger partial charge in [0.15, 0.2) is 0 Å². The van der Waals surface area contributed by atoms with Gasteiger partial charge in [-0.25, -0.2) is 0 Å². The number of benzene rings is 1. The molecule has 0 aromatic heterocycles. The number of aromatic hydroxyl groups is 1. The quantitative estimate of drug-likeness (QED) is 0.122. The number of carbonyl (C=O) groups is 2. The van der Waals surface area contributed by atoms with E-state index < -0.39 is 0 Å². The molecule has 0 aliphatic rings. The second kappa shape index (κ2) is 29.4. The van der Waals surface area contributed by atoms with Crippen molar-refractivity contribution >= 4 is 11.9 Å². The van der Waals surface area contributed by atoms with Gasteiger partial charge < -0.3 is 19.3 Å². The van der Waals surface area contributed by atoms with E-state index in [9.17, 15) is 9.59 Å². The zero-order valence-corrected chi connectivity index (χ0v) is 27.8. The fourth-order valence-corrected chi connectivity index (χ4v) is 3.64. The van der Waals surface area contributed by atoms with Crippen molar-refractivity contribution in [1.82, 2.24) is 0 Å². The van der Waals surface area contributed by atoms with Crippen LogP contribution in [-0.2, 0) is 23.8 Å². The predicted octanol–water partition coefficient (Wildman–Crippen LogP) is 9.62. The lowest BCUT2D eigenvalue weighted by Gasteiger charge is -2.08. The first-order chi connectivity index (χ1) is 19.7. The number of carbonyl (C=O) groups excluding carboxylic acids is 2. The monoisotopic (exact) mass is 580 g/mol. The molecule has 0 fully saturated rings. The van der Waals surface area contributed by atoms with Crippen LogP contribution < -0.4 is 0 Å². The van der Waals surface area contributed by atoms with Crippen LogP contribution in [0.15, 0.2) is 24.3 Å². The number of phenols is 1. The van der Waals surface area contributed by atoms with Gasteiger partial charge >= 0.3 is 11.9 Å². The summed E-state index contributed by atoms with van der Waals surface area (Å²) in [6.45, 7) is 15.8. The van der Waals surface area contributed by atoms with Crippen molar-refractivity contribution in [3.63, 3.8) is 0 Å². The third kappa shape index (κ3) is 25.4. The predicted molar refractivity (Wildman–Crippen MR) is 171 cm³/mol. The van der Waals surface area contributed by atoms with E-state index in [1.807, 2.05) is 39.8 Å². The fraction of sp³-hybridized carbons (Fsp3) is 0.771. The number of hydrogen-bond donors (Lipinski definition) is 1. The number of rotatable bonds is 20. The summed E-state index contributed by atoms with van der Waals surface area (Å²) < 4.78 is 14.8. The summed E-state index contributed by atoms with van der Waals surface area (Å²) in [7, 11) is 1.58. The minimum absolute atomic E-state index is 0.00635. The van der Waals surface area contributed by atoms with Gasteiger partial charge in [-0.05, 0) is 49.3 Å². The molecular weight excluding hydrogens is 516 g/mol. The van der Waals surface area contributed by atoms with Crippen molar-refractivity contribution in [3.8, 4) is 5.75 Å². The number of esters is 2. The molecule has 0 radical (unpaired) electrons. The first-order valence-corrected chi connectivity index (χ1v) is 16.3. The molecule has 0 aliphatic carbocycles. The number of unbranched alkanes of at least 4 members (excludes halogenated alkanes) is 9. The highest BCUT2D eigenvalue weighted by Gasteiger charge is 2.11. The SMILES string of the molecule is CCC(C)C(=O)OCCOC.CCC(C)c1ccc(O)cc1.CCCCCCCCCCCCOC(=O)C(C)CC. The van der Waals surface area contributed by atoms with Crippen LogP contribution in [-0.4, -0.2) is 44.0 Å². The molecular formula is C35H64O6. The lowest BCUT2D eigenvalue weighted by Crippen LogP contribution is -2.16. The Labute approximate surface area is 252 Å². The van der Waals surface area contributed by atoms with Crippen LogP contribution in [0.1, 0.15) is 143 Å². The van der Waals surface area contributed by atoms with Crippen molar-refractivity contribution in [3.05, 3.63) is 29.8 Å². The molecule has 1 aromatic rings. The van der Waals surface area contributed by atoms with E-state index in [0.29, 0.717) is 31.5 Å². The Balaban J connectivity index is 0. The summed E-state index contributed by atoms with van der Waals surface area (Å²) in [6, 6.07) is 7.43. The first-order valence-electron chi connectivity index (χ1n) is 16.3. The van der Waals surface area contributed by atoms with E-state index in [1.54, 1.807) is 19.2 Å². The van der Waals surface area contributed by atoms with Gasteiger partial charge in [-0.2, -0.15) is 0 Å². The summed E-state index contributed by atoms with van der Waals surface area (Å²) in [6.07, 6.45) is 16.0. The van der Waals surface area contributed by atoms with Crippen LogP contribution in [0.5, 0.6) is 5.75 Å². The van der Waals surface area contributed by atoms with Gasteiger partial charge in [0.1, 0.15) is 12.4 Å². The summed E-state index contributed by atoms with van der Waals surface area (Å²) >= 11 is 0. The zero-order chi connectivity index (χ0) is 31.3. The second-order valence-electron chi connectivity index (χ2n) is 11.0. The largest absolute Gasteiger partial charge is 0.508 e. The maximum absolute atomic E-state index is 11.4. The van der Waals surface area contributed by atoms with E-state index in [0.717, 1.165) is 25.7 Å². The number of ether oxygens (including phenoxy) is 3. The molecule has 0 aliphatic heterocycles. The molecule has 3 unspecified atom stereocenters. The van der Waals surface area contributed by atoms with Gasteiger partial charge in [-0.1, -0.05) is 118 Å². The number of phenolic OH excluding ortho intramolecular Hbond substituents is 1. The van der Waals surface area contributed by atoms with Crippen LogP contribution >= 0.6 is 0 Å². The fourth-order valence-electron chi connectivity index (χ4n) is 3.64.